The Morgan fingerprint density at radius 2 is 2.00 bits per heavy atom. The van der Waals surface area contributed by atoms with Crippen LogP contribution in [0.2, 0.25) is 0 Å². The lowest BCUT2D eigenvalue weighted by Gasteiger charge is -2.11. The monoisotopic (exact) mass is 194 g/mol. The third-order valence-electron chi connectivity index (χ3n) is 2.43. The van der Waals surface area contributed by atoms with E-state index < -0.39 is 0 Å². The average molecular weight is 194 g/mol. The summed E-state index contributed by atoms with van der Waals surface area (Å²) in [6, 6.07) is 3.89. The van der Waals surface area contributed by atoms with Crippen LogP contribution in [-0.2, 0) is 4.74 Å². The highest BCUT2D eigenvalue weighted by atomic mass is 16.6. The molecule has 0 aliphatic carbocycles. The second-order valence-corrected chi connectivity index (χ2v) is 3.38. The van der Waals surface area contributed by atoms with Crippen LogP contribution in [0, 0.1) is 6.92 Å². The van der Waals surface area contributed by atoms with Gasteiger partial charge in [-0.25, -0.2) is 0 Å². The summed E-state index contributed by atoms with van der Waals surface area (Å²) in [6.07, 6.45) is 0.218. The highest BCUT2D eigenvalue weighted by Crippen LogP contribution is 2.40. The van der Waals surface area contributed by atoms with Crippen LogP contribution in [0.1, 0.15) is 17.2 Å². The molecule has 1 heterocycles. The van der Waals surface area contributed by atoms with Crippen LogP contribution in [0.15, 0.2) is 12.1 Å². The molecule has 1 fully saturated rings. The first kappa shape index (κ1) is 9.34. The van der Waals surface area contributed by atoms with E-state index in [0.29, 0.717) is 0 Å². The van der Waals surface area contributed by atoms with Gasteiger partial charge in [0.15, 0.2) is 0 Å². The Morgan fingerprint density at radius 1 is 1.29 bits per heavy atom. The second-order valence-electron chi connectivity index (χ2n) is 3.38. The Bertz CT molecular complexity index is 343. The summed E-state index contributed by atoms with van der Waals surface area (Å²) in [5, 5.41) is 0. The Balaban J connectivity index is 2.46. The molecule has 3 heteroatoms. The summed E-state index contributed by atoms with van der Waals surface area (Å²) < 4.78 is 15.8. The van der Waals surface area contributed by atoms with Crippen LogP contribution in [0.5, 0.6) is 11.5 Å². The maximum Gasteiger partial charge on any atom is 0.128 e. The normalized spacial score (nSPS) is 19.2. The van der Waals surface area contributed by atoms with Crippen molar-refractivity contribution in [2.75, 3.05) is 20.8 Å². The molecule has 1 aliphatic rings. The SMILES string of the molecule is COc1cc(C)c(C2CO2)c(OC)c1. The average Bonchev–Trinajstić information content (AvgIpc) is 3.00. The zero-order valence-corrected chi connectivity index (χ0v) is 8.66. The van der Waals surface area contributed by atoms with E-state index in [1.54, 1.807) is 14.2 Å². The van der Waals surface area contributed by atoms with Crippen LogP contribution < -0.4 is 9.47 Å². The summed E-state index contributed by atoms with van der Waals surface area (Å²) in [5.74, 6) is 1.67. The maximum atomic E-state index is 5.31. The number of aryl methyl sites for hydroxylation is 1. The van der Waals surface area contributed by atoms with Crippen molar-refractivity contribution in [2.24, 2.45) is 0 Å². The molecule has 0 amide bonds. The summed E-state index contributed by atoms with van der Waals surface area (Å²) >= 11 is 0. The molecule has 3 nitrogen and oxygen atoms in total. The molecule has 0 aromatic heterocycles. The zero-order chi connectivity index (χ0) is 10.1. The van der Waals surface area contributed by atoms with Crippen LogP contribution in [-0.4, -0.2) is 20.8 Å². The minimum Gasteiger partial charge on any atom is -0.497 e. The molecule has 1 aliphatic heterocycles. The van der Waals surface area contributed by atoms with Gasteiger partial charge in [-0.1, -0.05) is 0 Å². The van der Waals surface area contributed by atoms with Crippen molar-refractivity contribution >= 4 is 0 Å². The molecule has 1 atom stereocenters. The van der Waals surface area contributed by atoms with Gasteiger partial charge < -0.3 is 14.2 Å². The fourth-order valence-electron chi connectivity index (χ4n) is 1.65. The van der Waals surface area contributed by atoms with E-state index in [2.05, 4.69) is 0 Å². The maximum absolute atomic E-state index is 5.31. The lowest BCUT2D eigenvalue weighted by Crippen LogP contribution is -1.96. The van der Waals surface area contributed by atoms with Crippen molar-refractivity contribution < 1.29 is 14.2 Å². The molecule has 14 heavy (non-hydrogen) atoms. The number of benzene rings is 1. The molecule has 0 N–H and O–H groups in total. The summed E-state index contributed by atoms with van der Waals surface area (Å²) in [5.41, 5.74) is 2.30. The molecule has 0 spiro atoms. The van der Waals surface area contributed by atoms with Gasteiger partial charge in [0, 0.05) is 11.6 Å². The smallest absolute Gasteiger partial charge is 0.128 e. The minimum atomic E-state index is 0.218. The summed E-state index contributed by atoms with van der Waals surface area (Å²) in [6.45, 7) is 2.84. The first-order valence-electron chi connectivity index (χ1n) is 4.60. The Morgan fingerprint density at radius 3 is 2.50 bits per heavy atom. The number of hydrogen-bond acceptors (Lipinski definition) is 3. The van der Waals surface area contributed by atoms with Gasteiger partial charge in [0.05, 0.1) is 20.8 Å². The molecule has 1 aromatic carbocycles. The van der Waals surface area contributed by atoms with E-state index in [1.807, 2.05) is 19.1 Å². The molecule has 0 saturated carbocycles. The third kappa shape index (κ3) is 1.55. The van der Waals surface area contributed by atoms with E-state index >= 15 is 0 Å². The van der Waals surface area contributed by atoms with Gasteiger partial charge in [-0.05, 0) is 18.6 Å². The predicted octanol–water partition coefficient (Wildman–Crippen LogP) is 2.08. The Kier molecular flexibility index (Phi) is 2.33. The molecule has 0 bridgehead atoms. The van der Waals surface area contributed by atoms with Crippen molar-refractivity contribution in [3.05, 3.63) is 23.3 Å². The largest absolute Gasteiger partial charge is 0.497 e. The van der Waals surface area contributed by atoms with Crippen LogP contribution in [0.25, 0.3) is 0 Å². The first-order valence-corrected chi connectivity index (χ1v) is 4.60. The molecule has 76 valence electrons. The molecule has 0 radical (unpaired) electrons. The fraction of sp³-hybridized carbons (Fsp3) is 0.455. The number of methoxy groups -OCH3 is 2. The number of epoxide rings is 1. The van der Waals surface area contributed by atoms with Crippen molar-refractivity contribution in [2.45, 2.75) is 13.0 Å². The van der Waals surface area contributed by atoms with Crippen molar-refractivity contribution in [1.82, 2.24) is 0 Å². The summed E-state index contributed by atoms with van der Waals surface area (Å²) in [4.78, 5) is 0. The van der Waals surface area contributed by atoms with Gasteiger partial charge in [0.1, 0.15) is 17.6 Å². The van der Waals surface area contributed by atoms with Crippen molar-refractivity contribution in [1.29, 1.82) is 0 Å². The number of ether oxygens (including phenoxy) is 3. The molecular weight excluding hydrogens is 180 g/mol. The second kappa shape index (κ2) is 3.50. The molecular formula is C11H14O3. The quantitative estimate of drug-likeness (QED) is 0.690. The fourth-order valence-corrected chi connectivity index (χ4v) is 1.65. The first-order chi connectivity index (χ1) is 6.76. The molecule has 2 rings (SSSR count). The zero-order valence-electron chi connectivity index (χ0n) is 8.66. The Labute approximate surface area is 83.6 Å². The van der Waals surface area contributed by atoms with E-state index in [4.69, 9.17) is 14.2 Å². The van der Waals surface area contributed by atoms with Crippen molar-refractivity contribution in [3.63, 3.8) is 0 Å². The Hall–Kier alpha value is -1.22. The predicted molar refractivity (Wildman–Crippen MR) is 53.0 cm³/mol. The van der Waals surface area contributed by atoms with E-state index in [1.165, 1.54) is 0 Å². The number of hydrogen-bond donors (Lipinski definition) is 0. The van der Waals surface area contributed by atoms with Crippen LogP contribution in [0.4, 0.5) is 0 Å². The molecule has 1 aromatic rings. The van der Waals surface area contributed by atoms with E-state index in [0.717, 1.165) is 29.2 Å². The van der Waals surface area contributed by atoms with Gasteiger partial charge in [0.25, 0.3) is 0 Å². The van der Waals surface area contributed by atoms with Gasteiger partial charge in [-0.3, -0.25) is 0 Å². The van der Waals surface area contributed by atoms with Gasteiger partial charge in [0.2, 0.25) is 0 Å². The van der Waals surface area contributed by atoms with E-state index in [9.17, 15) is 0 Å². The highest BCUT2D eigenvalue weighted by molar-refractivity contribution is 5.48. The van der Waals surface area contributed by atoms with Gasteiger partial charge >= 0.3 is 0 Å². The van der Waals surface area contributed by atoms with Crippen molar-refractivity contribution in [3.8, 4) is 11.5 Å². The topological polar surface area (TPSA) is 31.0 Å². The van der Waals surface area contributed by atoms with Gasteiger partial charge in [-0.15, -0.1) is 0 Å². The lowest BCUT2D eigenvalue weighted by molar-refractivity contribution is 0.374. The van der Waals surface area contributed by atoms with E-state index in [-0.39, 0.29) is 6.10 Å². The number of rotatable bonds is 3. The van der Waals surface area contributed by atoms with Crippen LogP contribution >= 0.6 is 0 Å². The highest BCUT2D eigenvalue weighted by Gasteiger charge is 2.30. The standard InChI is InChI=1S/C11H14O3/c1-7-4-8(12-2)5-9(13-3)11(7)10-6-14-10/h4-5,10H,6H2,1-3H3. The lowest BCUT2D eigenvalue weighted by atomic mass is 10.0. The summed E-state index contributed by atoms with van der Waals surface area (Å²) in [7, 11) is 3.32. The third-order valence-corrected chi connectivity index (χ3v) is 2.43. The molecule has 1 unspecified atom stereocenters. The van der Waals surface area contributed by atoms with Crippen LogP contribution in [0.3, 0.4) is 0 Å². The minimum absolute atomic E-state index is 0.218. The van der Waals surface area contributed by atoms with Gasteiger partial charge in [-0.2, -0.15) is 0 Å². The molecule has 1 saturated heterocycles.